The maximum Gasteiger partial charge on any atom is 0.266 e. The molecule has 0 saturated heterocycles. The van der Waals surface area contributed by atoms with Gasteiger partial charge >= 0.3 is 0 Å². The molecule has 0 aliphatic rings. The third-order valence-corrected chi connectivity index (χ3v) is 5.99. The number of nitrogens with zero attached hydrogens (tertiary/aromatic N) is 3. The molecule has 33 heavy (non-hydrogen) atoms. The smallest absolute Gasteiger partial charge is 0.266 e. The third-order valence-electron chi connectivity index (χ3n) is 5.99. The molecule has 3 aromatic carbocycles. The second kappa shape index (κ2) is 8.90. The van der Waals surface area contributed by atoms with Crippen LogP contribution in [-0.4, -0.2) is 34.5 Å². The van der Waals surface area contributed by atoms with E-state index in [0.29, 0.717) is 28.0 Å². The van der Waals surface area contributed by atoms with Gasteiger partial charge in [0, 0.05) is 12.6 Å². The quantitative estimate of drug-likeness (QED) is 0.444. The SMILES string of the molecule is COc1cccc(C(=O)N(C)C(C)c2nc3ccccc3c(=O)n2-c2ccc(C)cc2C)c1. The molecule has 0 radical (unpaired) electrons. The zero-order valence-electron chi connectivity index (χ0n) is 19.5. The first kappa shape index (κ1) is 22.3. The first-order valence-electron chi connectivity index (χ1n) is 10.8. The Morgan fingerprint density at radius 1 is 1.03 bits per heavy atom. The van der Waals surface area contributed by atoms with Crippen LogP contribution in [-0.2, 0) is 0 Å². The average Bonchev–Trinajstić information content (AvgIpc) is 2.83. The zero-order valence-corrected chi connectivity index (χ0v) is 19.5. The Hall–Kier alpha value is -3.93. The summed E-state index contributed by atoms with van der Waals surface area (Å²) in [6, 6.07) is 19.8. The number of benzene rings is 3. The number of aromatic nitrogens is 2. The summed E-state index contributed by atoms with van der Waals surface area (Å²) in [4.78, 5) is 33.4. The Balaban J connectivity index is 1.88. The summed E-state index contributed by atoms with van der Waals surface area (Å²) in [6.45, 7) is 5.88. The molecule has 168 valence electrons. The van der Waals surface area contributed by atoms with E-state index in [0.717, 1.165) is 16.8 Å². The molecule has 0 fully saturated rings. The molecule has 4 rings (SSSR count). The van der Waals surface area contributed by atoms with Crippen molar-refractivity contribution in [2.75, 3.05) is 14.2 Å². The number of para-hydroxylation sites is 1. The highest BCUT2D eigenvalue weighted by molar-refractivity contribution is 5.94. The molecule has 1 aromatic heterocycles. The molecule has 1 unspecified atom stereocenters. The monoisotopic (exact) mass is 441 g/mol. The number of fused-ring (bicyclic) bond motifs is 1. The number of carbonyl (C=O) groups is 1. The minimum atomic E-state index is -0.471. The number of amides is 1. The summed E-state index contributed by atoms with van der Waals surface area (Å²) in [5.41, 5.74) is 3.78. The van der Waals surface area contributed by atoms with Crippen molar-refractivity contribution >= 4 is 16.8 Å². The van der Waals surface area contributed by atoms with Gasteiger partial charge in [0.2, 0.25) is 0 Å². The van der Waals surface area contributed by atoms with Gasteiger partial charge in [0.25, 0.3) is 11.5 Å². The highest BCUT2D eigenvalue weighted by Gasteiger charge is 2.25. The van der Waals surface area contributed by atoms with Crippen molar-refractivity contribution in [2.45, 2.75) is 26.8 Å². The number of ether oxygens (including phenoxy) is 1. The summed E-state index contributed by atoms with van der Waals surface area (Å²) in [6.07, 6.45) is 0. The molecule has 4 aromatic rings. The number of aryl methyl sites for hydroxylation is 2. The van der Waals surface area contributed by atoms with Crippen LogP contribution in [0.25, 0.3) is 16.6 Å². The van der Waals surface area contributed by atoms with E-state index < -0.39 is 6.04 Å². The maximum atomic E-state index is 13.6. The predicted molar refractivity (Wildman–Crippen MR) is 130 cm³/mol. The predicted octanol–water partition coefficient (Wildman–Crippen LogP) is 4.84. The van der Waals surface area contributed by atoms with Crippen LogP contribution in [0.1, 0.15) is 40.3 Å². The van der Waals surface area contributed by atoms with Crippen LogP contribution in [0.5, 0.6) is 5.75 Å². The van der Waals surface area contributed by atoms with Gasteiger partial charge in [-0.2, -0.15) is 0 Å². The van der Waals surface area contributed by atoms with Gasteiger partial charge in [-0.25, -0.2) is 4.98 Å². The molecule has 0 bridgehead atoms. The Labute approximate surface area is 193 Å². The maximum absolute atomic E-state index is 13.6. The van der Waals surface area contributed by atoms with E-state index in [1.165, 1.54) is 0 Å². The van der Waals surface area contributed by atoms with Gasteiger partial charge < -0.3 is 9.64 Å². The van der Waals surface area contributed by atoms with Crippen LogP contribution in [0.15, 0.2) is 71.5 Å². The summed E-state index contributed by atoms with van der Waals surface area (Å²) >= 11 is 0. The van der Waals surface area contributed by atoms with E-state index in [4.69, 9.17) is 9.72 Å². The van der Waals surface area contributed by atoms with Crippen LogP contribution in [0.4, 0.5) is 0 Å². The molecule has 0 aliphatic carbocycles. The highest BCUT2D eigenvalue weighted by atomic mass is 16.5. The van der Waals surface area contributed by atoms with Crippen molar-refractivity contribution < 1.29 is 9.53 Å². The Morgan fingerprint density at radius 2 is 1.79 bits per heavy atom. The van der Waals surface area contributed by atoms with Crippen LogP contribution in [0, 0.1) is 13.8 Å². The third kappa shape index (κ3) is 4.12. The summed E-state index contributed by atoms with van der Waals surface area (Å²) in [7, 11) is 3.29. The first-order chi connectivity index (χ1) is 15.8. The van der Waals surface area contributed by atoms with Crippen LogP contribution < -0.4 is 10.3 Å². The fourth-order valence-electron chi connectivity index (χ4n) is 4.03. The van der Waals surface area contributed by atoms with E-state index in [2.05, 4.69) is 0 Å². The van der Waals surface area contributed by atoms with Crippen LogP contribution >= 0.6 is 0 Å². The van der Waals surface area contributed by atoms with Crippen LogP contribution in [0.2, 0.25) is 0 Å². The van der Waals surface area contributed by atoms with E-state index >= 15 is 0 Å². The first-order valence-corrected chi connectivity index (χ1v) is 10.8. The lowest BCUT2D eigenvalue weighted by Crippen LogP contribution is -2.35. The summed E-state index contributed by atoms with van der Waals surface area (Å²) in [5.74, 6) is 0.929. The van der Waals surface area contributed by atoms with Gasteiger partial charge in [-0.1, -0.05) is 35.9 Å². The van der Waals surface area contributed by atoms with Crippen LogP contribution in [0.3, 0.4) is 0 Å². The number of hydrogen-bond acceptors (Lipinski definition) is 4. The largest absolute Gasteiger partial charge is 0.497 e. The number of carbonyl (C=O) groups excluding carboxylic acids is 1. The van der Waals surface area contributed by atoms with Gasteiger partial charge in [0.05, 0.1) is 29.7 Å². The number of hydrogen-bond donors (Lipinski definition) is 0. The van der Waals surface area contributed by atoms with E-state index in [1.54, 1.807) is 54.0 Å². The van der Waals surface area contributed by atoms with E-state index in [1.807, 2.05) is 57.2 Å². The molecular weight excluding hydrogens is 414 g/mol. The molecule has 0 saturated carbocycles. The van der Waals surface area contributed by atoms with E-state index in [9.17, 15) is 9.59 Å². The second-order valence-corrected chi connectivity index (χ2v) is 8.24. The van der Waals surface area contributed by atoms with Gasteiger partial charge in [0.15, 0.2) is 0 Å². The van der Waals surface area contributed by atoms with Crippen molar-refractivity contribution in [3.8, 4) is 11.4 Å². The number of rotatable bonds is 5. The minimum absolute atomic E-state index is 0.156. The lowest BCUT2D eigenvalue weighted by atomic mass is 10.1. The minimum Gasteiger partial charge on any atom is -0.497 e. The lowest BCUT2D eigenvalue weighted by molar-refractivity contribution is 0.0734. The Morgan fingerprint density at radius 3 is 2.52 bits per heavy atom. The number of methoxy groups -OCH3 is 1. The molecule has 6 heteroatoms. The fraction of sp³-hybridized carbons (Fsp3) is 0.222. The Bertz CT molecular complexity index is 1410. The van der Waals surface area contributed by atoms with Crippen molar-refractivity contribution in [2.24, 2.45) is 0 Å². The second-order valence-electron chi connectivity index (χ2n) is 8.24. The average molecular weight is 442 g/mol. The molecule has 1 heterocycles. The molecule has 0 spiro atoms. The summed E-state index contributed by atoms with van der Waals surface area (Å²) < 4.78 is 6.90. The van der Waals surface area contributed by atoms with Gasteiger partial charge in [-0.3, -0.25) is 14.2 Å². The van der Waals surface area contributed by atoms with Gasteiger partial charge in [0.1, 0.15) is 11.6 Å². The van der Waals surface area contributed by atoms with E-state index in [-0.39, 0.29) is 11.5 Å². The van der Waals surface area contributed by atoms with Gasteiger partial charge in [-0.15, -0.1) is 0 Å². The van der Waals surface area contributed by atoms with Crippen molar-refractivity contribution in [1.82, 2.24) is 14.5 Å². The van der Waals surface area contributed by atoms with Crippen molar-refractivity contribution in [3.05, 3.63) is 99.6 Å². The molecule has 1 amide bonds. The molecule has 0 aliphatic heterocycles. The lowest BCUT2D eigenvalue weighted by Gasteiger charge is -2.27. The molecular formula is C27H27N3O3. The van der Waals surface area contributed by atoms with Crippen molar-refractivity contribution in [1.29, 1.82) is 0 Å². The highest BCUT2D eigenvalue weighted by Crippen LogP contribution is 2.25. The van der Waals surface area contributed by atoms with Gasteiger partial charge in [-0.05, 0) is 62.7 Å². The molecule has 0 N–H and O–H groups in total. The molecule has 1 atom stereocenters. The topological polar surface area (TPSA) is 64.4 Å². The summed E-state index contributed by atoms with van der Waals surface area (Å²) in [5, 5.41) is 0.537. The fourth-order valence-corrected chi connectivity index (χ4v) is 4.03. The standard InChI is InChI=1S/C27H27N3O3/c1-17-13-14-24(18(2)15-17)30-25(28-23-12-7-6-11-22(23)27(30)32)19(3)29(4)26(31)20-9-8-10-21(16-20)33-5/h6-16,19H,1-5H3. The normalized spacial score (nSPS) is 11.9. The zero-order chi connectivity index (χ0) is 23.7. The molecule has 6 nitrogen and oxygen atoms in total. The Kier molecular flexibility index (Phi) is 6.01. The van der Waals surface area contributed by atoms with Crippen molar-refractivity contribution in [3.63, 3.8) is 0 Å².